The summed E-state index contributed by atoms with van der Waals surface area (Å²) in [5, 5.41) is 5.02. The summed E-state index contributed by atoms with van der Waals surface area (Å²) in [5.74, 6) is -0.148. The fraction of sp³-hybridized carbons (Fsp3) is 0.417. The summed E-state index contributed by atoms with van der Waals surface area (Å²) in [4.78, 5) is 21.9. The summed E-state index contributed by atoms with van der Waals surface area (Å²) in [6.45, 7) is 9.41. The second kappa shape index (κ2) is 11.4. The Hall–Kier alpha value is -3.34. The molecule has 1 aliphatic rings. The number of rotatable bonds is 4. The Labute approximate surface area is 208 Å². The highest BCUT2D eigenvalue weighted by atomic mass is 32.2. The lowest BCUT2D eigenvalue weighted by Crippen LogP contribution is -2.38. The molecule has 1 heterocycles. The highest BCUT2D eigenvalue weighted by molar-refractivity contribution is 7.92. The summed E-state index contributed by atoms with van der Waals surface area (Å²) in [5.41, 5.74) is 0.429. The maximum absolute atomic E-state index is 13.2. The van der Waals surface area contributed by atoms with Gasteiger partial charge < -0.3 is 14.8 Å². The molecule has 1 atom stereocenters. The number of halogens is 1. The number of nitrogens with one attached hydrogen (secondary N) is 2. The van der Waals surface area contributed by atoms with Crippen LogP contribution in [0.25, 0.3) is 0 Å². The number of hydrogen-bond donors (Lipinski definition) is 2. The molecule has 2 amide bonds. The summed E-state index contributed by atoms with van der Waals surface area (Å²) >= 11 is 0. The highest BCUT2D eigenvalue weighted by Crippen LogP contribution is 2.37. The Kier molecular flexibility index (Phi) is 9.08. The largest absolute Gasteiger partial charge is 0.489 e. The third kappa shape index (κ3) is 7.57. The van der Waals surface area contributed by atoms with E-state index in [1.807, 2.05) is 20.8 Å². The van der Waals surface area contributed by atoms with Crippen LogP contribution in [0.1, 0.15) is 37.5 Å². The van der Waals surface area contributed by atoms with Crippen LogP contribution in [0.15, 0.2) is 47.4 Å². The summed E-state index contributed by atoms with van der Waals surface area (Å²) in [6, 6.07) is 9.33. The minimum atomic E-state index is -3.93. The molecule has 196 valence electrons. The number of hydrogen-bond acceptors (Lipinski definition) is 6. The van der Waals surface area contributed by atoms with E-state index in [0.717, 1.165) is 12.1 Å². The van der Waals surface area contributed by atoms with Gasteiger partial charge >= 0.3 is 6.09 Å². The number of sulfonamides is 1. The van der Waals surface area contributed by atoms with Gasteiger partial charge in [-0.2, -0.15) is 0 Å². The molecule has 0 fully saturated rings. The molecule has 0 bridgehead atoms. The van der Waals surface area contributed by atoms with Crippen LogP contribution in [-0.4, -0.2) is 46.7 Å². The molecule has 0 spiro atoms. The van der Waals surface area contributed by atoms with Crippen molar-refractivity contribution in [2.24, 2.45) is 5.41 Å². The van der Waals surface area contributed by atoms with Gasteiger partial charge in [0.1, 0.15) is 24.3 Å². The molecule has 11 heteroatoms. The lowest BCUT2D eigenvalue weighted by molar-refractivity contribution is -0.118. The van der Waals surface area contributed by atoms with Crippen LogP contribution in [0.3, 0.4) is 0 Å². The van der Waals surface area contributed by atoms with Gasteiger partial charge in [0.2, 0.25) is 5.91 Å². The molecule has 0 aromatic heterocycles. The Morgan fingerprint density at radius 3 is 2.31 bits per heavy atom. The van der Waals surface area contributed by atoms with Crippen LogP contribution >= 0.6 is 0 Å². The molecule has 0 radical (unpaired) electrons. The molecule has 2 aromatic carbocycles. The van der Waals surface area contributed by atoms with Gasteiger partial charge in [-0.1, -0.05) is 20.8 Å². The standard InChI is InChI=1S/C21H25FN2O5S.C3H7NO.2H2/c1-14(21(2,3)4)29-20(25)23-16-7-10-19-18(13-16)24(11-12-28-19)30(26,27)17-8-5-15(22)6-9-17;1-3(5)4-2;;/h5-10,13-14H,11-12H2,1-4H3,(H,23,25);1-2H3,(H,4,5);2*1H/t14-;;;/m0.../s1. The van der Waals surface area contributed by atoms with Crippen LogP contribution in [0, 0.1) is 11.2 Å². The zero-order valence-corrected chi connectivity index (χ0v) is 21.5. The van der Waals surface area contributed by atoms with Crippen LogP contribution in [0.5, 0.6) is 5.75 Å². The number of amides is 2. The average molecular weight is 514 g/mol. The Morgan fingerprint density at radius 1 is 1.17 bits per heavy atom. The predicted octanol–water partition coefficient (Wildman–Crippen LogP) is 4.64. The van der Waals surface area contributed by atoms with Crippen molar-refractivity contribution in [3.05, 3.63) is 48.3 Å². The monoisotopic (exact) mass is 513 g/mol. The first kappa shape index (κ1) is 27.9. The number of fused-ring (bicyclic) bond motifs is 1. The molecule has 0 aliphatic carbocycles. The molecule has 9 nitrogen and oxygen atoms in total. The van der Waals surface area contributed by atoms with Crippen LogP contribution in [-0.2, 0) is 19.6 Å². The second-order valence-corrected chi connectivity index (χ2v) is 10.8. The molecule has 35 heavy (non-hydrogen) atoms. The first-order valence-electron chi connectivity index (χ1n) is 11.0. The molecule has 0 saturated heterocycles. The summed E-state index contributed by atoms with van der Waals surface area (Å²) < 4.78 is 51.5. The van der Waals surface area contributed by atoms with Crippen molar-refractivity contribution >= 4 is 33.4 Å². The fourth-order valence-corrected chi connectivity index (χ4v) is 4.19. The maximum Gasteiger partial charge on any atom is 0.411 e. The van der Waals surface area contributed by atoms with E-state index in [1.54, 1.807) is 26.1 Å². The predicted molar refractivity (Wildman–Crippen MR) is 136 cm³/mol. The Bertz CT molecular complexity index is 1160. The smallest absolute Gasteiger partial charge is 0.411 e. The van der Waals surface area contributed by atoms with Gasteiger partial charge in [0.05, 0.1) is 17.1 Å². The maximum atomic E-state index is 13.2. The minimum Gasteiger partial charge on any atom is -0.489 e. The summed E-state index contributed by atoms with van der Waals surface area (Å²) in [6.07, 6.45) is -0.962. The Morgan fingerprint density at radius 2 is 1.77 bits per heavy atom. The van der Waals surface area contributed by atoms with E-state index in [2.05, 4.69) is 10.6 Å². The van der Waals surface area contributed by atoms with E-state index in [1.165, 1.54) is 29.4 Å². The molecule has 2 N–H and O–H groups in total. The number of anilines is 2. The normalized spacial score (nSPS) is 13.9. The zero-order chi connectivity index (χ0) is 26.4. The van der Waals surface area contributed by atoms with E-state index in [-0.39, 0.29) is 44.0 Å². The topological polar surface area (TPSA) is 114 Å². The quantitative estimate of drug-likeness (QED) is 0.616. The molecule has 0 saturated carbocycles. The highest BCUT2D eigenvalue weighted by Gasteiger charge is 2.31. The van der Waals surface area contributed by atoms with Crippen molar-refractivity contribution in [3.8, 4) is 5.75 Å². The van der Waals surface area contributed by atoms with Gasteiger partial charge in [0.25, 0.3) is 10.0 Å². The summed E-state index contributed by atoms with van der Waals surface area (Å²) in [7, 11) is -2.33. The van der Waals surface area contributed by atoms with Gasteiger partial charge in [-0.3, -0.25) is 14.4 Å². The minimum absolute atomic E-state index is 0. The van der Waals surface area contributed by atoms with Gasteiger partial charge in [0.15, 0.2) is 0 Å². The van der Waals surface area contributed by atoms with Crippen LogP contribution in [0.2, 0.25) is 0 Å². The lowest BCUT2D eigenvalue weighted by atomic mass is 9.90. The van der Waals surface area contributed by atoms with Crippen molar-refractivity contribution in [3.63, 3.8) is 0 Å². The van der Waals surface area contributed by atoms with Gasteiger partial charge in [-0.25, -0.2) is 17.6 Å². The van der Waals surface area contributed by atoms with E-state index in [4.69, 9.17) is 9.47 Å². The molecular formula is C24H36FN3O6S. The van der Waals surface area contributed by atoms with E-state index in [9.17, 15) is 22.4 Å². The van der Waals surface area contributed by atoms with Gasteiger partial charge in [0, 0.05) is 22.5 Å². The molecule has 0 unspecified atom stereocenters. The third-order valence-corrected chi connectivity index (χ3v) is 7.11. The number of carbonyl (C=O) groups is 2. The molecule has 3 rings (SSSR count). The van der Waals surface area contributed by atoms with E-state index < -0.39 is 21.9 Å². The first-order valence-corrected chi connectivity index (χ1v) is 12.4. The number of nitrogens with zero attached hydrogens (tertiary/aromatic N) is 1. The van der Waals surface area contributed by atoms with Crippen molar-refractivity contribution in [2.45, 2.75) is 45.6 Å². The van der Waals surface area contributed by atoms with Crippen molar-refractivity contribution in [1.82, 2.24) is 5.32 Å². The first-order chi connectivity index (χ1) is 16.3. The van der Waals surface area contributed by atoms with Crippen molar-refractivity contribution < 1.29 is 34.7 Å². The molecular weight excluding hydrogens is 477 g/mol. The number of ether oxygens (including phenoxy) is 2. The van der Waals surface area contributed by atoms with Crippen molar-refractivity contribution in [2.75, 3.05) is 29.8 Å². The SMILES string of the molecule is CNC(C)=O.C[C@H](OC(=O)Nc1ccc2c(c1)N(S(=O)(=O)c1ccc(F)cc1)CCO2)C(C)(C)C.[HH].[HH]. The van der Waals surface area contributed by atoms with Crippen LogP contribution in [0.4, 0.5) is 20.6 Å². The zero-order valence-electron chi connectivity index (χ0n) is 20.7. The van der Waals surface area contributed by atoms with Crippen molar-refractivity contribution in [1.29, 1.82) is 0 Å². The second-order valence-electron chi connectivity index (χ2n) is 8.91. The van der Waals surface area contributed by atoms with Gasteiger partial charge in [-0.15, -0.1) is 0 Å². The fourth-order valence-electron chi connectivity index (χ4n) is 2.74. The lowest BCUT2D eigenvalue weighted by Gasteiger charge is -2.31. The average Bonchev–Trinajstić information content (AvgIpc) is 2.78. The van der Waals surface area contributed by atoms with E-state index in [0.29, 0.717) is 11.4 Å². The third-order valence-electron chi connectivity index (χ3n) is 5.28. The molecule has 2 aromatic rings. The van der Waals surface area contributed by atoms with Gasteiger partial charge in [-0.05, 0) is 54.8 Å². The van der Waals surface area contributed by atoms with E-state index >= 15 is 0 Å². The number of benzene rings is 2. The molecule has 1 aliphatic heterocycles. The van der Waals surface area contributed by atoms with Crippen LogP contribution < -0.4 is 19.7 Å². The Balaban J connectivity index is 0.00000169. The number of carbonyl (C=O) groups excluding carboxylic acids is 2.